The van der Waals surface area contributed by atoms with Gasteiger partial charge in [-0.25, -0.2) is 28.7 Å². The van der Waals surface area contributed by atoms with Crippen molar-refractivity contribution >= 4 is 32.8 Å². The Balaban J connectivity index is 1.65. The van der Waals surface area contributed by atoms with Crippen LogP contribution in [0.3, 0.4) is 0 Å². The minimum absolute atomic E-state index is 0.101. The Kier molecular flexibility index (Phi) is 6.58. The fourth-order valence-corrected chi connectivity index (χ4v) is 3.93. The first-order valence-electron chi connectivity index (χ1n) is 10.2. The van der Waals surface area contributed by atoms with Gasteiger partial charge < -0.3 is 9.15 Å². The highest BCUT2D eigenvalue weighted by molar-refractivity contribution is 7.90. The lowest BCUT2D eigenvalue weighted by Gasteiger charge is -2.12. The van der Waals surface area contributed by atoms with Gasteiger partial charge in [-0.2, -0.15) is 8.42 Å². The number of fused-ring (bicyclic) bond motifs is 1. The molecule has 0 aliphatic carbocycles. The molecular weight excluding hydrogens is 479 g/mol. The van der Waals surface area contributed by atoms with E-state index in [0.717, 1.165) is 0 Å². The fourth-order valence-electron chi connectivity index (χ4n) is 3.38. The number of nitrogens with zero attached hydrogens (tertiary/aromatic N) is 2. The lowest BCUT2D eigenvalue weighted by atomic mass is 9.99. The van der Waals surface area contributed by atoms with E-state index < -0.39 is 27.6 Å². The summed E-state index contributed by atoms with van der Waals surface area (Å²) in [6.07, 6.45) is 2.68. The van der Waals surface area contributed by atoms with Crippen LogP contribution in [0.4, 0.5) is 10.1 Å². The first-order chi connectivity index (χ1) is 16.7. The number of carbonyl (C=O) groups excluding carboxylic acids is 1. The highest BCUT2D eigenvalue weighted by Gasteiger charge is 2.18. The lowest BCUT2D eigenvalue weighted by Crippen LogP contribution is -2.27. The van der Waals surface area contributed by atoms with Crippen molar-refractivity contribution in [2.24, 2.45) is 0 Å². The average molecular weight is 498 g/mol. The topological polar surface area (TPSA) is 140 Å². The summed E-state index contributed by atoms with van der Waals surface area (Å²) in [5, 5.41) is 0.558. The van der Waals surface area contributed by atoms with Crippen molar-refractivity contribution in [1.82, 2.24) is 14.7 Å². The number of anilines is 1. The van der Waals surface area contributed by atoms with E-state index >= 15 is 0 Å². The third-order valence-electron chi connectivity index (χ3n) is 5.18. The first kappa shape index (κ1) is 24.0. The highest BCUT2D eigenvalue weighted by atomic mass is 32.2. The van der Waals surface area contributed by atoms with Gasteiger partial charge in [0.25, 0.3) is 10.2 Å². The third-order valence-corrected chi connectivity index (χ3v) is 6.20. The van der Waals surface area contributed by atoms with E-state index in [-0.39, 0.29) is 40.4 Å². The van der Waals surface area contributed by atoms with Crippen LogP contribution in [-0.2, 0) is 16.6 Å². The third kappa shape index (κ3) is 5.18. The van der Waals surface area contributed by atoms with Crippen LogP contribution >= 0.6 is 0 Å². The van der Waals surface area contributed by atoms with Gasteiger partial charge in [0.05, 0.1) is 5.69 Å². The average Bonchev–Trinajstić information content (AvgIpc) is 2.84. The van der Waals surface area contributed by atoms with Crippen LogP contribution < -0.4 is 19.8 Å². The molecule has 2 aromatic carbocycles. The second-order valence-electron chi connectivity index (χ2n) is 7.38. The molecule has 2 heterocycles. The maximum Gasteiger partial charge on any atom is 0.381 e. The molecule has 2 aromatic heterocycles. The molecule has 0 saturated carbocycles. The van der Waals surface area contributed by atoms with E-state index in [9.17, 15) is 22.4 Å². The fraction of sp³-hybridized carbons (Fsp3) is 0.130. The molecule has 0 fully saturated rings. The van der Waals surface area contributed by atoms with E-state index in [0.29, 0.717) is 10.9 Å². The van der Waals surface area contributed by atoms with Crippen molar-refractivity contribution in [1.29, 1.82) is 0 Å². The summed E-state index contributed by atoms with van der Waals surface area (Å²) >= 11 is 0. The predicted octanol–water partition coefficient (Wildman–Crippen LogP) is 2.72. The molecule has 0 atom stereocenters. The maximum atomic E-state index is 15.0. The zero-order valence-electron chi connectivity index (χ0n) is 18.5. The summed E-state index contributed by atoms with van der Waals surface area (Å²) in [5.41, 5.74) is 0.0589. The highest BCUT2D eigenvalue weighted by Crippen LogP contribution is 2.27. The van der Waals surface area contributed by atoms with Gasteiger partial charge in [0.2, 0.25) is 5.82 Å². The number of hydrogen-bond acceptors (Lipinski definition) is 8. The van der Waals surface area contributed by atoms with E-state index in [2.05, 4.69) is 14.7 Å². The second-order valence-corrected chi connectivity index (χ2v) is 9.00. The Morgan fingerprint density at radius 2 is 1.89 bits per heavy atom. The van der Waals surface area contributed by atoms with Crippen LogP contribution in [0, 0.1) is 12.7 Å². The summed E-state index contributed by atoms with van der Waals surface area (Å²) in [7, 11) is -2.73. The minimum Gasteiger partial charge on any atom is -0.422 e. The van der Waals surface area contributed by atoms with Crippen LogP contribution in [-0.4, -0.2) is 31.4 Å². The van der Waals surface area contributed by atoms with Gasteiger partial charge in [0.1, 0.15) is 11.3 Å². The molecule has 0 amide bonds. The van der Waals surface area contributed by atoms with Crippen molar-refractivity contribution in [3.05, 3.63) is 93.6 Å². The minimum atomic E-state index is -3.92. The van der Waals surface area contributed by atoms with Crippen molar-refractivity contribution < 1.29 is 26.8 Å². The molecule has 0 unspecified atom stereocenters. The smallest absolute Gasteiger partial charge is 0.381 e. The number of esters is 1. The Hall–Kier alpha value is -4.16. The largest absolute Gasteiger partial charge is 0.422 e. The zero-order chi connectivity index (χ0) is 25.2. The Bertz CT molecular complexity index is 1590. The van der Waals surface area contributed by atoms with Crippen molar-refractivity contribution in [3.63, 3.8) is 0 Å². The number of benzene rings is 2. The number of rotatable bonds is 7. The Morgan fingerprint density at radius 3 is 2.60 bits per heavy atom. The molecule has 0 aliphatic heterocycles. The van der Waals surface area contributed by atoms with Crippen molar-refractivity contribution in [2.75, 3.05) is 11.8 Å². The first-order valence-corrected chi connectivity index (χ1v) is 11.7. The van der Waals surface area contributed by atoms with Crippen LogP contribution in [0.2, 0.25) is 0 Å². The number of hydrogen-bond donors (Lipinski definition) is 2. The molecular formula is C23H19FN4O6S. The lowest BCUT2D eigenvalue weighted by molar-refractivity contribution is 0.0722. The number of aryl methyl sites for hydroxylation is 1. The molecule has 35 heavy (non-hydrogen) atoms. The van der Waals surface area contributed by atoms with Gasteiger partial charge in [0.15, 0.2) is 5.82 Å². The molecule has 0 radical (unpaired) electrons. The number of nitrogens with one attached hydrogen (secondary N) is 2. The Morgan fingerprint density at radius 1 is 1.14 bits per heavy atom. The molecule has 0 spiro atoms. The SMILES string of the molecule is CNS(=O)(=O)Nc1cccc(Cc2c(C)c3ccc(OC(=O)c4ncccn4)cc3oc2=O)c1F. The summed E-state index contributed by atoms with van der Waals surface area (Å²) < 4.78 is 53.2. The molecule has 4 aromatic rings. The maximum absolute atomic E-state index is 15.0. The molecule has 180 valence electrons. The Labute approximate surface area is 199 Å². The summed E-state index contributed by atoms with van der Waals surface area (Å²) in [4.78, 5) is 32.6. The van der Waals surface area contributed by atoms with Gasteiger partial charge in [-0.05, 0) is 42.3 Å². The quantitative estimate of drug-likeness (QED) is 0.225. The van der Waals surface area contributed by atoms with Gasteiger partial charge in [-0.15, -0.1) is 0 Å². The monoisotopic (exact) mass is 498 g/mol. The summed E-state index contributed by atoms with van der Waals surface area (Å²) in [5.74, 6) is -1.58. The van der Waals surface area contributed by atoms with E-state index in [1.807, 2.05) is 4.72 Å². The van der Waals surface area contributed by atoms with Crippen LogP contribution in [0.1, 0.15) is 27.3 Å². The zero-order valence-corrected chi connectivity index (χ0v) is 19.3. The second kappa shape index (κ2) is 9.60. The number of aromatic nitrogens is 2. The molecule has 4 rings (SSSR count). The standard InChI is InChI=1S/C23H19FN4O6S/c1-13-16-8-7-15(33-23(30)21-26-9-4-10-27-21)12-19(16)34-22(29)17(13)11-14-5-3-6-18(20(14)24)28-35(31,32)25-2/h3-10,12,25,28H,11H2,1-2H3. The van der Waals surface area contributed by atoms with E-state index in [1.165, 1.54) is 49.8 Å². The van der Waals surface area contributed by atoms with E-state index in [1.54, 1.807) is 19.1 Å². The molecule has 12 heteroatoms. The van der Waals surface area contributed by atoms with E-state index in [4.69, 9.17) is 9.15 Å². The number of halogens is 1. The van der Waals surface area contributed by atoms with Gasteiger partial charge >= 0.3 is 11.6 Å². The molecule has 0 aliphatic rings. The summed E-state index contributed by atoms with van der Waals surface area (Å²) in [6, 6.07) is 10.3. The van der Waals surface area contributed by atoms with Crippen molar-refractivity contribution in [2.45, 2.75) is 13.3 Å². The summed E-state index contributed by atoms with van der Waals surface area (Å²) in [6.45, 7) is 1.68. The van der Waals surface area contributed by atoms with Gasteiger partial charge in [-0.1, -0.05) is 12.1 Å². The predicted molar refractivity (Wildman–Crippen MR) is 125 cm³/mol. The molecule has 2 N–H and O–H groups in total. The van der Waals surface area contributed by atoms with Gasteiger partial charge in [-0.3, -0.25) is 4.72 Å². The number of ether oxygens (including phenoxy) is 1. The van der Waals surface area contributed by atoms with Crippen LogP contribution in [0.25, 0.3) is 11.0 Å². The molecule has 10 nitrogen and oxygen atoms in total. The van der Waals surface area contributed by atoms with Gasteiger partial charge in [0, 0.05) is 42.9 Å². The van der Waals surface area contributed by atoms with Crippen LogP contribution in [0.5, 0.6) is 5.75 Å². The van der Waals surface area contributed by atoms with Crippen LogP contribution in [0.15, 0.2) is 64.1 Å². The van der Waals surface area contributed by atoms with Crippen molar-refractivity contribution in [3.8, 4) is 5.75 Å². The molecule has 0 bridgehead atoms. The normalized spacial score (nSPS) is 11.4. The number of carbonyl (C=O) groups is 1. The molecule has 0 saturated heterocycles.